The summed E-state index contributed by atoms with van der Waals surface area (Å²) < 4.78 is 62.9. The number of aromatic hydroxyl groups is 2. The van der Waals surface area contributed by atoms with Crippen molar-refractivity contribution in [2.75, 3.05) is 0 Å². The first kappa shape index (κ1) is 23.5. The van der Waals surface area contributed by atoms with E-state index in [1.165, 1.54) is 42.5 Å². The van der Waals surface area contributed by atoms with E-state index in [0.29, 0.717) is 10.8 Å². The van der Waals surface area contributed by atoms with Gasteiger partial charge in [-0.25, -0.2) is 0 Å². The van der Waals surface area contributed by atoms with Crippen LogP contribution in [0, 0.1) is 0 Å². The number of hydrogen-bond acceptors (Lipinski definition) is 8. The summed E-state index contributed by atoms with van der Waals surface area (Å²) in [6, 6.07) is 23.2. The molecule has 0 atom stereocenters. The minimum Gasteiger partial charge on any atom is -0.508 e. The Bertz CT molecular complexity index is 1810. The summed E-state index contributed by atoms with van der Waals surface area (Å²) in [5.41, 5.74) is 0. The molecule has 0 bridgehead atoms. The van der Waals surface area contributed by atoms with Gasteiger partial charge in [-0.05, 0) is 82.9 Å². The van der Waals surface area contributed by atoms with E-state index in [1.807, 2.05) is 30.3 Å². The Balaban J connectivity index is 1.68. The lowest BCUT2D eigenvalue weighted by Gasteiger charge is -2.16. The Morgan fingerprint density at radius 1 is 0.528 bits per heavy atom. The van der Waals surface area contributed by atoms with E-state index >= 15 is 0 Å². The van der Waals surface area contributed by atoms with Crippen LogP contribution in [0.4, 0.5) is 0 Å². The molecule has 2 N–H and O–H groups in total. The molecule has 0 saturated heterocycles. The second kappa shape index (κ2) is 8.74. The van der Waals surface area contributed by atoms with Crippen LogP contribution in [-0.2, 0) is 20.2 Å². The van der Waals surface area contributed by atoms with Crippen LogP contribution in [-0.4, -0.2) is 27.0 Å². The maximum Gasteiger partial charge on any atom is 0.339 e. The maximum atomic E-state index is 13.1. The first-order valence-corrected chi connectivity index (χ1v) is 13.4. The van der Waals surface area contributed by atoms with Crippen molar-refractivity contribution in [1.29, 1.82) is 0 Å². The molecule has 0 spiro atoms. The van der Waals surface area contributed by atoms with Crippen molar-refractivity contribution in [3.05, 3.63) is 97.1 Å². The van der Waals surface area contributed by atoms with Gasteiger partial charge in [0.25, 0.3) is 0 Å². The third-order valence-corrected chi connectivity index (χ3v) is 7.93. The van der Waals surface area contributed by atoms with E-state index < -0.39 is 20.2 Å². The number of rotatable bonds is 6. The standard InChI is InChI=1S/C26H18O8S2/c27-20-6-10-22(11-7-20)35(29,30)33-25-14-5-19-15-17-3-1-2-4-18(17)16-24(19)26(25)34-36(31,32)23-12-8-21(28)9-13-23/h1-16,27-28H. The number of benzene rings is 5. The second-order valence-corrected chi connectivity index (χ2v) is 11.0. The molecule has 10 heteroatoms. The lowest BCUT2D eigenvalue weighted by molar-refractivity contribution is 0.450. The van der Waals surface area contributed by atoms with E-state index in [-0.39, 0.29) is 32.8 Å². The van der Waals surface area contributed by atoms with Gasteiger partial charge in [-0.15, -0.1) is 0 Å². The summed E-state index contributed by atoms with van der Waals surface area (Å²) in [6.45, 7) is 0. The fourth-order valence-corrected chi connectivity index (χ4v) is 5.56. The maximum absolute atomic E-state index is 13.1. The van der Waals surface area contributed by atoms with Crippen LogP contribution in [0.2, 0.25) is 0 Å². The van der Waals surface area contributed by atoms with Gasteiger partial charge in [0, 0.05) is 5.39 Å². The van der Waals surface area contributed by atoms with Crippen molar-refractivity contribution in [2.45, 2.75) is 9.79 Å². The molecule has 0 radical (unpaired) electrons. The first-order valence-electron chi connectivity index (χ1n) is 10.5. The number of fused-ring (bicyclic) bond motifs is 2. The van der Waals surface area contributed by atoms with Gasteiger partial charge >= 0.3 is 20.2 Å². The smallest absolute Gasteiger partial charge is 0.339 e. The van der Waals surface area contributed by atoms with Crippen LogP contribution in [0.1, 0.15) is 0 Å². The molecule has 8 nitrogen and oxygen atoms in total. The van der Waals surface area contributed by atoms with Crippen molar-refractivity contribution in [2.24, 2.45) is 0 Å². The second-order valence-electron chi connectivity index (χ2n) is 7.88. The number of phenols is 2. The Labute approximate surface area is 206 Å². The first-order chi connectivity index (χ1) is 17.1. The van der Waals surface area contributed by atoms with Crippen LogP contribution >= 0.6 is 0 Å². The van der Waals surface area contributed by atoms with Crippen LogP contribution in [0.5, 0.6) is 23.0 Å². The summed E-state index contributed by atoms with van der Waals surface area (Å²) in [5.74, 6) is -0.910. The minimum absolute atomic E-state index is 0.129. The molecule has 182 valence electrons. The topological polar surface area (TPSA) is 127 Å². The summed E-state index contributed by atoms with van der Waals surface area (Å²) in [6.07, 6.45) is 0. The van der Waals surface area contributed by atoms with Crippen molar-refractivity contribution in [1.82, 2.24) is 0 Å². The van der Waals surface area contributed by atoms with Gasteiger partial charge in [0.2, 0.25) is 0 Å². The molecule has 0 unspecified atom stereocenters. The summed E-state index contributed by atoms with van der Waals surface area (Å²) in [7, 11) is -8.85. The lowest BCUT2D eigenvalue weighted by Crippen LogP contribution is -2.14. The predicted octanol–water partition coefficient (Wildman–Crippen LogP) is 4.94. The monoisotopic (exact) mass is 522 g/mol. The average Bonchev–Trinajstić information content (AvgIpc) is 2.85. The van der Waals surface area contributed by atoms with Crippen LogP contribution < -0.4 is 8.37 Å². The molecular weight excluding hydrogens is 504 g/mol. The van der Waals surface area contributed by atoms with Gasteiger partial charge in [-0.1, -0.05) is 30.3 Å². The van der Waals surface area contributed by atoms with E-state index in [2.05, 4.69) is 0 Å². The van der Waals surface area contributed by atoms with Crippen molar-refractivity contribution in [3.63, 3.8) is 0 Å². The number of hydrogen-bond donors (Lipinski definition) is 2. The van der Waals surface area contributed by atoms with E-state index in [4.69, 9.17) is 8.37 Å². The SMILES string of the molecule is O=S(=O)(Oc1ccc2cc3ccccc3cc2c1OS(=O)(=O)c1ccc(O)cc1)c1ccc(O)cc1. The summed E-state index contributed by atoms with van der Waals surface area (Å²) in [4.78, 5) is -0.489. The van der Waals surface area contributed by atoms with Gasteiger partial charge in [0.15, 0.2) is 11.5 Å². The Morgan fingerprint density at radius 2 is 1.03 bits per heavy atom. The minimum atomic E-state index is -4.44. The van der Waals surface area contributed by atoms with Crippen molar-refractivity contribution >= 4 is 41.8 Å². The molecule has 0 heterocycles. The van der Waals surface area contributed by atoms with Gasteiger partial charge in [-0.2, -0.15) is 16.8 Å². The molecule has 0 amide bonds. The van der Waals surface area contributed by atoms with E-state index in [0.717, 1.165) is 22.9 Å². The average molecular weight is 523 g/mol. The number of phenolic OH excluding ortho intramolecular Hbond substituents is 2. The molecule has 5 aromatic carbocycles. The zero-order valence-corrected chi connectivity index (χ0v) is 20.0. The van der Waals surface area contributed by atoms with Crippen LogP contribution in [0.25, 0.3) is 21.5 Å². The summed E-state index contributed by atoms with van der Waals surface area (Å²) in [5, 5.41) is 21.6. The Hall–Kier alpha value is -4.28. The third kappa shape index (κ3) is 4.51. The molecule has 5 aromatic rings. The predicted molar refractivity (Wildman–Crippen MR) is 133 cm³/mol. The highest BCUT2D eigenvalue weighted by atomic mass is 32.2. The molecule has 0 aliphatic carbocycles. The molecule has 0 aliphatic rings. The van der Waals surface area contributed by atoms with Gasteiger partial charge < -0.3 is 18.6 Å². The largest absolute Gasteiger partial charge is 0.508 e. The quantitative estimate of drug-likeness (QED) is 0.237. The van der Waals surface area contributed by atoms with E-state index in [9.17, 15) is 27.0 Å². The van der Waals surface area contributed by atoms with Crippen LogP contribution in [0.3, 0.4) is 0 Å². The zero-order valence-electron chi connectivity index (χ0n) is 18.4. The molecule has 0 saturated carbocycles. The molecule has 0 fully saturated rings. The highest BCUT2D eigenvalue weighted by Crippen LogP contribution is 2.40. The fourth-order valence-electron chi connectivity index (χ4n) is 3.67. The molecule has 36 heavy (non-hydrogen) atoms. The Kier molecular flexibility index (Phi) is 5.70. The fraction of sp³-hybridized carbons (Fsp3) is 0. The van der Waals surface area contributed by atoms with Gasteiger partial charge in [-0.3, -0.25) is 0 Å². The molecule has 0 aromatic heterocycles. The van der Waals surface area contributed by atoms with E-state index in [1.54, 1.807) is 12.1 Å². The zero-order chi connectivity index (χ0) is 25.5. The summed E-state index contributed by atoms with van der Waals surface area (Å²) >= 11 is 0. The van der Waals surface area contributed by atoms with Crippen molar-refractivity contribution < 1.29 is 35.4 Å². The lowest BCUT2D eigenvalue weighted by atomic mass is 10.0. The normalized spacial score (nSPS) is 12.0. The highest BCUT2D eigenvalue weighted by Gasteiger charge is 2.25. The van der Waals surface area contributed by atoms with Crippen LogP contribution in [0.15, 0.2) is 107 Å². The molecule has 5 rings (SSSR count). The highest BCUT2D eigenvalue weighted by molar-refractivity contribution is 7.87. The van der Waals surface area contributed by atoms with Crippen molar-refractivity contribution in [3.8, 4) is 23.0 Å². The van der Waals surface area contributed by atoms with Gasteiger partial charge in [0.1, 0.15) is 21.3 Å². The third-order valence-electron chi connectivity index (χ3n) is 5.44. The molecular formula is C26H18O8S2. The molecule has 0 aliphatic heterocycles. The Morgan fingerprint density at radius 3 is 1.58 bits per heavy atom. The van der Waals surface area contributed by atoms with Gasteiger partial charge in [0.05, 0.1) is 0 Å².